The number of hydrogen-bond donors (Lipinski definition) is 1. The average molecular weight is 274 g/mol. The van der Waals surface area contributed by atoms with Gasteiger partial charge in [-0.05, 0) is 70.5 Å². The Labute approximate surface area is 122 Å². The number of ether oxygens (including phenoxy) is 1. The standard InChI is InChI=1S/C17H26N2O/c1-3-15-16(8-5-13(2)19-15)20-17(9-4-10-17)11-12-18-14-6-7-14/h5,8,14,18H,3-4,6-7,9-12H2,1-2H3. The van der Waals surface area contributed by atoms with Crippen molar-refractivity contribution in [3.63, 3.8) is 0 Å². The molecule has 2 saturated carbocycles. The molecule has 3 rings (SSSR count). The Morgan fingerprint density at radius 2 is 2.15 bits per heavy atom. The topological polar surface area (TPSA) is 34.1 Å². The molecule has 2 aliphatic carbocycles. The van der Waals surface area contributed by atoms with Crippen LogP contribution in [0.4, 0.5) is 0 Å². The van der Waals surface area contributed by atoms with E-state index in [-0.39, 0.29) is 5.60 Å². The molecule has 0 radical (unpaired) electrons. The first-order valence-corrected chi connectivity index (χ1v) is 8.10. The van der Waals surface area contributed by atoms with E-state index in [0.717, 1.165) is 42.6 Å². The summed E-state index contributed by atoms with van der Waals surface area (Å²) in [6.45, 7) is 5.28. The van der Waals surface area contributed by atoms with Crippen molar-refractivity contribution < 1.29 is 4.74 Å². The van der Waals surface area contributed by atoms with Gasteiger partial charge in [0.15, 0.2) is 0 Å². The summed E-state index contributed by atoms with van der Waals surface area (Å²) < 4.78 is 6.41. The number of pyridine rings is 1. The van der Waals surface area contributed by atoms with Crippen molar-refractivity contribution in [2.45, 2.75) is 70.4 Å². The van der Waals surface area contributed by atoms with E-state index >= 15 is 0 Å². The molecule has 0 saturated heterocycles. The van der Waals surface area contributed by atoms with Crippen LogP contribution >= 0.6 is 0 Å². The van der Waals surface area contributed by atoms with Crippen LogP contribution in [0, 0.1) is 6.92 Å². The van der Waals surface area contributed by atoms with E-state index in [1.807, 2.05) is 6.92 Å². The van der Waals surface area contributed by atoms with Gasteiger partial charge in [-0.2, -0.15) is 0 Å². The lowest BCUT2D eigenvalue weighted by Crippen LogP contribution is -2.45. The lowest BCUT2D eigenvalue weighted by Gasteiger charge is -2.42. The van der Waals surface area contributed by atoms with E-state index in [2.05, 4.69) is 29.4 Å². The average Bonchev–Trinajstić information content (AvgIpc) is 3.21. The minimum atomic E-state index is 0.0722. The molecule has 1 aromatic rings. The van der Waals surface area contributed by atoms with Crippen molar-refractivity contribution in [1.29, 1.82) is 0 Å². The second-order valence-corrected chi connectivity index (χ2v) is 6.37. The number of hydrogen-bond acceptors (Lipinski definition) is 3. The second kappa shape index (κ2) is 5.72. The first-order valence-electron chi connectivity index (χ1n) is 8.10. The van der Waals surface area contributed by atoms with Gasteiger partial charge < -0.3 is 10.1 Å². The van der Waals surface area contributed by atoms with Crippen LogP contribution in [0.5, 0.6) is 5.75 Å². The van der Waals surface area contributed by atoms with Gasteiger partial charge in [0.2, 0.25) is 0 Å². The quantitative estimate of drug-likeness (QED) is 0.827. The van der Waals surface area contributed by atoms with Crippen LogP contribution in [-0.4, -0.2) is 23.2 Å². The molecular weight excluding hydrogens is 248 g/mol. The molecule has 20 heavy (non-hydrogen) atoms. The first-order chi connectivity index (χ1) is 9.71. The van der Waals surface area contributed by atoms with E-state index in [9.17, 15) is 0 Å². The Hall–Kier alpha value is -1.09. The van der Waals surface area contributed by atoms with E-state index < -0.39 is 0 Å². The molecule has 3 nitrogen and oxygen atoms in total. The SMILES string of the molecule is CCc1nc(C)ccc1OC1(CCNC2CC2)CCC1. The molecule has 0 unspecified atom stereocenters. The Morgan fingerprint density at radius 3 is 2.75 bits per heavy atom. The number of aryl methyl sites for hydroxylation is 2. The van der Waals surface area contributed by atoms with Gasteiger partial charge in [0, 0.05) is 11.7 Å². The van der Waals surface area contributed by atoms with Gasteiger partial charge in [-0.25, -0.2) is 0 Å². The Balaban J connectivity index is 1.64. The summed E-state index contributed by atoms with van der Waals surface area (Å²) in [6.07, 6.45) is 8.45. The van der Waals surface area contributed by atoms with Gasteiger partial charge >= 0.3 is 0 Å². The lowest BCUT2D eigenvalue weighted by atomic mass is 9.77. The lowest BCUT2D eigenvalue weighted by molar-refractivity contribution is -0.0153. The third-order valence-electron chi connectivity index (χ3n) is 4.59. The van der Waals surface area contributed by atoms with Crippen LogP contribution in [0.2, 0.25) is 0 Å². The third kappa shape index (κ3) is 3.14. The van der Waals surface area contributed by atoms with E-state index in [4.69, 9.17) is 4.74 Å². The molecule has 0 aliphatic heterocycles. The molecule has 110 valence electrons. The van der Waals surface area contributed by atoms with Crippen LogP contribution in [0.25, 0.3) is 0 Å². The van der Waals surface area contributed by atoms with Crippen LogP contribution < -0.4 is 10.1 Å². The van der Waals surface area contributed by atoms with Crippen molar-refractivity contribution in [3.05, 3.63) is 23.5 Å². The van der Waals surface area contributed by atoms with Crippen LogP contribution in [0.15, 0.2) is 12.1 Å². The van der Waals surface area contributed by atoms with Crippen LogP contribution in [0.1, 0.15) is 56.8 Å². The minimum Gasteiger partial charge on any atom is -0.485 e. The van der Waals surface area contributed by atoms with Gasteiger partial charge in [0.1, 0.15) is 11.4 Å². The molecule has 1 heterocycles. The molecule has 2 fully saturated rings. The zero-order valence-electron chi connectivity index (χ0n) is 12.7. The van der Waals surface area contributed by atoms with Gasteiger partial charge in [0.05, 0.1) is 5.69 Å². The zero-order chi connectivity index (χ0) is 14.0. The Morgan fingerprint density at radius 1 is 1.35 bits per heavy atom. The fraction of sp³-hybridized carbons (Fsp3) is 0.706. The van der Waals surface area contributed by atoms with Crippen molar-refractivity contribution in [2.24, 2.45) is 0 Å². The van der Waals surface area contributed by atoms with Gasteiger partial charge in [0.25, 0.3) is 0 Å². The molecule has 1 N–H and O–H groups in total. The van der Waals surface area contributed by atoms with Crippen LogP contribution in [0.3, 0.4) is 0 Å². The van der Waals surface area contributed by atoms with Gasteiger partial charge in [-0.3, -0.25) is 4.98 Å². The van der Waals surface area contributed by atoms with Crippen molar-refractivity contribution in [1.82, 2.24) is 10.3 Å². The number of rotatable bonds is 7. The summed E-state index contributed by atoms with van der Waals surface area (Å²) in [5.41, 5.74) is 2.25. The predicted molar refractivity (Wildman–Crippen MR) is 81.2 cm³/mol. The fourth-order valence-corrected chi connectivity index (χ4v) is 2.94. The second-order valence-electron chi connectivity index (χ2n) is 6.37. The Bertz CT molecular complexity index is 464. The summed E-state index contributed by atoms with van der Waals surface area (Å²) in [5, 5.41) is 3.61. The molecule has 0 bridgehead atoms. The Kier molecular flexibility index (Phi) is 3.97. The maximum Gasteiger partial charge on any atom is 0.141 e. The number of aromatic nitrogens is 1. The molecule has 1 aromatic heterocycles. The number of nitrogens with zero attached hydrogens (tertiary/aromatic N) is 1. The normalized spacial score (nSPS) is 20.5. The maximum absolute atomic E-state index is 6.41. The highest BCUT2D eigenvalue weighted by Crippen LogP contribution is 2.40. The maximum atomic E-state index is 6.41. The third-order valence-corrected chi connectivity index (χ3v) is 4.59. The molecular formula is C17H26N2O. The summed E-state index contributed by atoms with van der Waals surface area (Å²) in [4.78, 5) is 4.61. The molecule has 0 amide bonds. The predicted octanol–water partition coefficient (Wildman–Crippen LogP) is 3.40. The zero-order valence-corrected chi connectivity index (χ0v) is 12.7. The smallest absolute Gasteiger partial charge is 0.141 e. The minimum absolute atomic E-state index is 0.0722. The molecule has 0 atom stereocenters. The summed E-state index contributed by atoms with van der Waals surface area (Å²) in [7, 11) is 0. The highest BCUT2D eigenvalue weighted by atomic mass is 16.5. The van der Waals surface area contributed by atoms with Crippen molar-refractivity contribution in [3.8, 4) is 5.75 Å². The van der Waals surface area contributed by atoms with Gasteiger partial charge in [-0.1, -0.05) is 6.92 Å². The fourth-order valence-electron chi connectivity index (χ4n) is 2.94. The molecule has 2 aliphatic rings. The molecule has 0 spiro atoms. The highest BCUT2D eigenvalue weighted by Gasteiger charge is 2.39. The first kappa shape index (κ1) is 13.9. The van der Waals surface area contributed by atoms with Gasteiger partial charge in [-0.15, -0.1) is 0 Å². The van der Waals surface area contributed by atoms with E-state index in [1.165, 1.54) is 32.1 Å². The van der Waals surface area contributed by atoms with Crippen LogP contribution in [-0.2, 0) is 6.42 Å². The van der Waals surface area contributed by atoms with E-state index in [0.29, 0.717) is 0 Å². The number of nitrogens with one attached hydrogen (secondary N) is 1. The molecule has 3 heteroatoms. The summed E-state index contributed by atoms with van der Waals surface area (Å²) >= 11 is 0. The monoisotopic (exact) mass is 274 g/mol. The molecule has 0 aromatic carbocycles. The summed E-state index contributed by atoms with van der Waals surface area (Å²) in [6, 6.07) is 4.96. The van der Waals surface area contributed by atoms with E-state index in [1.54, 1.807) is 0 Å². The largest absolute Gasteiger partial charge is 0.485 e. The highest BCUT2D eigenvalue weighted by molar-refractivity contribution is 5.30. The van der Waals surface area contributed by atoms with Crippen molar-refractivity contribution >= 4 is 0 Å². The summed E-state index contributed by atoms with van der Waals surface area (Å²) in [5.74, 6) is 1.00. The van der Waals surface area contributed by atoms with Crippen molar-refractivity contribution in [2.75, 3.05) is 6.54 Å².